The van der Waals surface area contributed by atoms with Gasteiger partial charge < -0.3 is 25.3 Å². The normalized spacial score (nSPS) is 15.3. The number of rotatable bonds is 5. The van der Waals surface area contributed by atoms with Gasteiger partial charge in [0.05, 0.1) is 31.4 Å². The van der Waals surface area contributed by atoms with Gasteiger partial charge in [-0.15, -0.1) is 0 Å². The Morgan fingerprint density at radius 3 is 2.67 bits per heavy atom. The number of benzene rings is 2. The van der Waals surface area contributed by atoms with E-state index in [-0.39, 0.29) is 23.8 Å². The number of anilines is 1. The van der Waals surface area contributed by atoms with Gasteiger partial charge in [-0.3, -0.25) is 9.59 Å². The molecule has 0 aliphatic carbocycles. The second-order valence-electron chi connectivity index (χ2n) is 6.07. The number of halogens is 1. The van der Waals surface area contributed by atoms with E-state index in [0.717, 1.165) is 11.3 Å². The van der Waals surface area contributed by atoms with Crippen LogP contribution in [0.2, 0.25) is 0 Å². The first kappa shape index (κ1) is 19.0. The van der Waals surface area contributed by atoms with E-state index in [1.54, 1.807) is 13.2 Å². The summed E-state index contributed by atoms with van der Waals surface area (Å²) in [5.74, 6) is 0.387. The van der Waals surface area contributed by atoms with Gasteiger partial charge >= 0.3 is 0 Å². The number of hydrogen-bond donors (Lipinski definition) is 2. The molecule has 3 rings (SSSR count). The lowest BCUT2D eigenvalue weighted by Crippen LogP contribution is -2.33. The van der Waals surface area contributed by atoms with Gasteiger partial charge in [-0.05, 0) is 42.3 Å². The Morgan fingerprint density at radius 2 is 2.00 bits per heavy atom. The predicted octanol–water partition coefficient (Wildman–Crippen LogP) is 2.75. The molecule has 1 heterocycles. The van der Waals surface area contributed by atoms with Crippen LogP contribution in [0.5, 0.6) is 17.2 Å². The van der Waals surface area contributed by atoms with Crippen LogP contribution in [0, 0.1) is 5.92 Å². The number of hydrogen-bond acceptors (Lipinski definition) is 5. The molecule has 0 radical (unpaired) electrons. The molecule has 0 unspecified atom stereocenters. The van der Waals surface area contributed by atoms with Crippen LogP contribution < -0.4 is 25.3 Å². The highest BCUT2D eigenvalue weighted by Crippen LogP contribution is 2.35. The van der Waals surface area contributed by atoms with E-state index in [0.29, 0.717) is 22.4 Å². The molecule has 0 saturated heterocycles. The summed E-state index contributed by atoms with van der Waals surface area (Å²) in [6.45, 7) is 0.232. The van der Waals surface area contributed by atoms with E-state index in [9.17, 15) is 9.59 Å². The third kappa shape index (κ3) is 4.00. The molecular weight excluding hydrogens is 416 g/mol. The highest BCUT2D eigenvalue weighted by Gasteiger charge is 2.28. The Kier molecular flexibility index (Phi) is 5.55. The SMILES string of the molecule is COc1ccc2c(c1)C[C@H](C(=O)Nc1c(OC)cc(Br)cc1C(N)=O)CO2. The van der Waals surface area contributed by atoms with Crippen molar-refractivity contribution in [3.63, 3.8) is 0 Å². The average molecular weight is 435 g/mol. The van der Waals surface area contributed by atoms with Crippen LogP contribution >= 0.6 is 15.9 Å². The minimum Gasteiger partial charge on any atom is -0.497 e. The Morgan fingerprint density at radius 1 is 1.22 bits per heavy atom. The van der Waals surface area contributed by atoms with Gasteiger partial charge in [-0.25, -0.2) is 0 Å². The third-order valence-electron chi connectivity index (χ3n) is 4.35. The van der Waals surface area contributed by atoms with Crippen LogP contribution in [0.15, 0.2) is 34.8 Å². The monoisotopic (exact) mass is 434 g/mol. The zero-order valence-electron chi connectivity index (χ0n) is 14.9. The van der Waals surface area contributed by atoms with E-state index in [1.165, 1.54) is 13.2 Å². The largest absolute Gasteiger partial charge is 0.497 e. The lowest BCUT2D eigenvalue weighted by atomic mass is 9.95. The molecule has 1 atom stereocenters. The molecule has 7 nitrogen and oxygen atoms in total. The molecule has 1 aliphatic rings. The van der Waals surface area contributed by atoms with E-state index in [1.807, 2.05) is 18.2 Å². The number of ether oxygens (including phenoxy) is 3. The smallest absolute Gasteiger partial charge is 0.250 e. The van der Waals surface area contributed by atoms with Crippen molar-refractivity contribution in [2.45, 2.75) is 6.42 Å². The van der Waals surface area contributed by atoms with Crippen molar-refractivity contribution >= 4 is 33.4 Å². The minimum atomic E-state index is -0.667. The Hall–Kier alpha value is -2.74. The van der Waals surface area contributed by atoms with Gasteiger partial charge in [0.15, 0.2) is 0 Å². The molecule has 0 aromatic heterocycles. The zero-order valence-corrected chi connectivity index (χ0v) is 16.5. The third-order valence-corrected chi connectivity index (χ3v) is 4.80. The summed E-state index contributed by atoms with van der Waals surface area (Å²) in [6, 6.07) is 8.68. The number of nitrogens with one attached hydrogen (secondary N) is 1. The van der Waals surface area contributed by atoms with Crippen molar-refractivity contribution in [2.24, 2.45) is 11.7 Å². The summed E-state index contributed by atoms with van der Waals surface area (Å²) in [6.07, 6.45) is 0.489. The minimum absolute atomic E-state index is 0.161. The van der Waals surface area contributed by atoms with Crippen molar-refractivity contribution in [3.8, 4) is 17.2 Å². The first-order chi connectivity index (χ1) is 12.9. The summed E-state index contributed by atoms with van der Waals surface area (Å²) in [7, 11) is 3.04. The number of fused-ring (bicyclic) bond motifs is 1. The maximum Gasteiger partial charge on any atom is 0.250 e. The van der Waals surface area contributed by atoms with E-state index in [4.69, 9.17) is 19.9 Å². The van der Waals surface area contributed by atoms with Crippen LogP contribution in [-0.2, 0) is 11.2 Å². The Labute approximate surface area is 164 Å². The van der Waals surface area contributed by atoms with E-state index < -0.39 is 11.8 Å². The molecule has 2 aromatic carbocycles. The molecular formula is C19H19BrN2O5. The number of carbonyl (C=O) groups is 2. The average Bonchev–Trinajstić information content (AvgIpc) is 2.67. The van der Waals surface area contributed by atoms with Gasteiger partial charge in [-0.1, -0.05) is 15.9 Å². The fourth-order valence-corrected chi connectivity index (χ4v) is 3.39. The van der Waals surface area contributed by atoms with Crippen LogP contribution in [0.4, 0.5) is 5.69 Å². The molecule has 0 spiro atoms. The highest BCUT2D eigenvalue weighted by molar-refractivity contribution is 9.10. The second kappa shape index (κ2) is 7.87. The number of amides is 2. The fourth-order valence-electron chi connectivity index (χ4n) is 2.96. The summed E-state index contributed by atoms with van der Waals surface area (Å²) in [4.78, 5) is 24.6. The lowest BCUT2D eigenvalue weighted by Gasteiger charge is -2.25. The topological polar surface area (TPSA) is 99.9 Å². The first-order valence-corrected chi connectivity index (χ1v) is 9.00. The van der Waals surface area contributed by atoms with Gasteiger partial charge in [0.2, 0.25) is 5.91 Å². The Balaban J connectivity index is 1.85. The van der Waals surface area contributed by atoms with Crippen molar-refractivity contribution in [1.82, 2.24) is 0 Å². The molecule has 2 aromatic rings. The lowest BCUT2D eigenvalue weighted by molar-refractivity contribution is -0.121. The number of carbonyl (C=O) groups excluding carboxylic acids is 2. The molecule has 0 saturated carbocycles. The maximum atomic E-state index is 12.8. The van der Waals surface area contributed by atoms with E-state index >= 15 is 0 Å². The predicted molar refractivity (Wildman–Crippen MR) is 104 cm³/mol. The summed E-state index contributed by atoms with van der Waals surface area (Å²) < 4.78 is 16.8. The molecule has 1 aliphatic heterocycles. The maximum absolute atomic E-state index is 12.8. The molecule has 0 fully saturated rings. The van der Waals surface area contributed by atoms with Crippen LogP contribution in [0.1, 0.15) is 15.9 Å². The van der Waals surface area contributed by atoms with Crippen molar-refractivity contribution < 1.29 is 23.8 Å². The summed E-state index contributed by atoms with van der Waals surface area (Å²) >= 11 is 3.30. The van der Waals surface area contributed by atoms with Gasteiger partial charge in [0, 0.05) is 4.47 Å². The number of primary amides is 1. The fraction of sp³-hybridized carbons (Fsp3) is 0.263. The summed E-state index contributed by atoms with van der Waals surface area (Å²) in [5, 5.41) is 2.77. The van der Waals surface area contributed by atoms with Gasteiger partial charge in [0.1, 0.15) is 23.9 Å². The standard InChI is InChI=1S/C19H19BrN2O5/c1-25-13-3-4-15-10(6-13)5-11(9-27-15)19(24)22-17-14(18(21)23)7-12(20)8-16(17)26-2/h3-4,6-8,11H,5,9H2,1-2H3,(H2,21,23)(H,22,24)/t11-/m0/s1. The molecule has 8 heteroatoms. The molecule has 2 amide bonds. The van der Waals surface area contributed by atoms with Crippen LogP contribution in [0.3, 0.4) is 0 Å². The van der Waals surface area contributed by atoms with Crippen molar-refractivity contribution in [1.29, 1.82) is 0 Å². The first-order valence-electron chi connectivity index (χ1n) is 8.20. The highest BCUT2D eigenvalue weighted by atomic mass is 79.9. The van der Waals surface area contributed by atoms with E-state index in [2.05, 4.69) is 21.2 Å². The molecule has 27 heavy (non-hydrogen) atoms. The summed E-state index contributed by atoms with van der Waals surface area (Å²) in [5.41, 5.74) is 6.74. The number of nitrogens with two attached hydrogens (primary N) is 1. The molecule has 0 bridgehead atoms. The molecule has 142 valence electrons. The van der Waals surface area contributed by atoms with Gasteiger partial charge in [-0.2, -0.15) is 0 Å². The van der Waals surface area contributed by atoms with Crippen LogP contribution in [-0.4, -0.2) is 32.6 Å². The van der Waals surface area contributed by atoms with Crippen molar-refractivity contribution in [3.05, 3.63) is 45.9 Å². The van der Waals surface area contributed by atoms with Gasteiger partial charge in [0.25, 0.3) is 5.91 Å². The number of methoxy groups -OCH3 is 2. The Bertz CT molecular complexity index is 900. The quantitative estimate of drug-likeness (QED) is 0.753. The zero-order chi connectivity index (χ0) is 19.6. The second-order valence-corrected chi connectivity index (χ2v) is 6.99. The molecule has 3 N–H and O–H groups in total. The van der Waals surface area contributed by atoms with Crippen molar-refractivity contribution in [2.75, 3.05) is 26.1 Å². The van der Waals surface area contributed by atoms with Crippen LogP contribution in [0.25, 0.3) is 0 Å².